The fourth-order valence-corrected chi connectivity index (χ4v) is 3.22. The highest BCUT2D eigenvalue weighted by Crippen LogP contribution is 2.24. The smallest absolute Gasteiger partial charge is 0.119 e. The fraction of sp³-hybridized carbons (Fsp3) is 0.727. The van der Waals surface area contributed by atoms with Crippen LogP contribution in [0.2, 0.25) is 0 Å². The van der Waals surface area contributed by atoms with Crippen molar-refractivity contribution in [1.29, 1.82) is 0 Å². The van der Waals surface area contributed by atoms with E-state index >= 15 is 0 Å². The number of benzene rings is 1. The predicted molar refractivity (Wildman–Crippen MR) is 106 cm³/mol. The first-order valence-electron chi connectivity index (χ1n) is 10.1. The first-order chi connectivity index (χ1) is 11.7. The molecule has 138 valence electrons. The summed E-state index contributed by atoms with van der Waals surface area (Å²) in [5, 5.41) is 0. The van der Waals surface area contributed by atoms with Gasteiger partial charge in [0, 0.05) is 6.54 Å². The van der Waals surface area contributed by atoms with Crippen LogP contribution in [0, 0.1) is 11.8 Å². The summed E-state index contributed by atoms with van der Waals surface area (Å²) in [4.78, 5) is 2.63. The topological polar surface area (TPSA) is 12.5 Å². The zero-order valence-electron chi connectivity index (χ0n) is 16.7. The maximum Gasteiger partial charge on any atom is 0.119 e. The molecule has 0 aromatic heterocycles. The molecule has 0 atom stereocenters. The summed E-state index contributed by atoms with van der Waals surface area (Å²) in [6.07, 6.45) is 6.23. The average Bonchev–Trinajstić information content (AvgIpc) is 2.63. The minimum Gasteiger partial charge on any atom is -0.494 e. The maximum absolute atomic E-state index is 5.72. The molecule has 1 aliphatic heterocycles. The summed E-state index contributed by atoms with van der Waals surface area (Å²) in [6, 6.07) is 8.69. The minimum absolute atomic E-state index is 0.834. The van der Waals surface area contributed by atoms with E-state index in [9.17, 15) is 0 Å². The first kappa shape index (κ1) is 21.0. The Bertz CT molecular complexity index is 404. The summed E-state index contributed by atoms with van der Waals surface area (Å²) in [5.41, 5.74) is 1.42. The molecule has 1 fully saturated rings. The van der Waals surface area contributed by atoms with Crippen molar-refractivity contribution in [3.63, 3.8) is 0 Å². The average molecular weight is 334 g/mol. The molecule has 1 saturated heterocycles. The highest BCUT2D eigenvalue weighted by Gasteiger charge is 2.20. The van der Waals surface area contributed by atoms with Gasteiger partial charge in [-0.25, -0.2) is 0 Å². The van der Waals surface area contributed by atoms with Gasteiger partial charge >= 0.3 is 0 Å². The van der Waals surface area contributed by atoms with Crippen LogP contribution in [0.3, 0.4) is 0 Å². The summed E-state index contributed by atoms with van der Waals surface area (Å²) in [7, 11) is 0. The van der Waals surface area contributed by atoms with Gasteiger partial charge in [0.25, 0.3) is 0 Å². The molecule has 0 N–H and O–H groups in total. The van der Waals surface area contributed by atoms with E-state index in [1.165, 1.54) is 44.5 Å². The fourth-order valence-electron chi connectivity index (χ4n) is 3.22. The Morgan fingerprint density at radius 3 is 2.25 bits per heavy atom. The lowest BCUT2D eigenvalue weighted by molar-refractivity contribution is 0.159. The van der Waals surface area contributed by atoms with E-state index in [1.54, 1.807) is 0 Å². The second-order valence-corrected chi connectivity index (χ2v) is 7.02. The predicted octanol–water partition coefficient (Wildman–Crippen LogP) is 5.80. The standard InChI is InChI=1S/C20H33NO.C2H6/c1-4-5-16-22-20-8-6-18(7-9-20)10-13-21-14-11-19(12-15-21)17(2)3;1-2/h6-9,17,19H,4-5,10-16H2,1-3H3;1-2H3. The number of ether oxygens (including phenoxy) is 1. The second-order valence-electron chi connectivity index (χ2n) is 7.02. The number of likely N-dealkylation sites (tertiary alicyclic amines) is 1. The third kappa shape index (κ3) is 7.70. The molecule has 2 nitrogen and oxygen atoms in total. The van der Waals surface area contributed by atoms with Crippen LogP contribution in [0.5, 0.6) is 5.75 Å². The molecule has 0 radical (unpaired) electrons. The number of unbranched alkanes of at least 4 members (excludes halogenated alkanes) is 1. The normalized spacial score (nSPS) is 15.9. The van der Waals surface area contributed by atoms with Crippen molar-refractivity contribution in [2.24, 2.45) is 11.8 Å². The number of hydrogen-bond donors (Lipinski definition) is 0. The molecule has 1 aromatic rings. The van der Waals surface area contributed by atoms with Gasteiger partial charge in [0.1, 0.15) is 5.75 Å². The highest BCUT2D eigenvalue weighted by molar-refractivity contribution is 5.27. The largest absolute Gasteiger partial charge is 0.494 e. The van der Waals surface area contributed by atoms with E-state index in [-0.39, 0.29) is 0 Å². The van der Waals surface area contributed by atoms with Gasteiger partial charge in [0.15, 0.2) is 0 Å². The van der Waals surface area contributed by atoms with Crippen LogP contribution in [0.1, 0.15) is 65.9 Å². The molecule has 1 aliphatic rings. The van der Waals surface area contributed by atoms with Gasteiger partial charge in [-0.1, -0.05) is 53.2 Å². The Morgan fingerprint density at radius 2 is 1.71 bits per heavy atom. The molecule has 0 aliphatic carbocycles. The third-order valence-electron chi connectivity index (χ3n) is 4.98. The Kier molecular flexibility index (Phi) is 10.8. The molecular formula is C22H39NO. The highest BCUT2D eigenvalue weighted by atomic mass is 16.5. The lowest BCUT2D eigenvalue weighted by Gasteiger charge is -2.33. The Labute approximate surface area is 150 Å². The number of rotatable bonds is 8. The molecular weight excluding hydrogens is 294 g/mol. The molecule has 1 aromatic carbocycles. The van der Waals surface area contributed by atoms with Gasteiger partial charge in [-0.05, 0) is 68.3 Å². The third-order valence-corrected chi connectivity index (χ3v) is 4.98. The van der Waals surface area contributed by atoms with Gasteiger partial charge in [-0.2, -0.15) is 0 Å². The summed E-state index contributed by atoms with van der Waals surface area (Å²) in [5.74, 6) is 2.80. The molecule has 2 rings (SSSR count). The summed E-state index contributed by atoms with van der Waals surface area (Å²) in [6.45, 7) is 15.5. The van der Waals surface area contributed by atoms with Crippen molar-refractivity contribution in [2.45, 2.75) is 66.7 Å². The van der Waals surface area contributed by atoms with E-state index < -0.39 is 0 Å². The van der Waals surface area contributed by atoms with Crippen LogP contribution in [-0.2, 0) is 6.42 Å². The van der Waals surface area contributed by atoms with E-state index in [0.29, 0.717) is 0 Å². The first-order valence-corrected chi connectivity index (χ1v) is 10.1. The van der Waals surface area contributed by atoms with Gasteiger partial charge in [-0.15, -0.1) is 0 Å². The monoisotopic (exact) mass is 333 g/mol. The van der Waals surface area contributed by atoms with E-state index in [4.69, 9.17) is 4.74 Å². The summed E-state index contributed by atoms with van der Waals surface area (Å²) >= 11 is 0. The molecule has 24 heavy (non-hydrogen) atoms. The number of nitrogens with zero attached hydrogens (tertiary/aromatic N) is 1. The summed E-state index contributed by atoms with van der Waals surface area (Å²) < 4.78 is 5.72. The van der Waals surface area contributed by atoms with Crippen LogP contribution in [0.15, 0.2) is 24.3 Å². The van der Waals surface area contributed by atoms with Crippen LogP contribution >= 0.6 is 0 Å². The molecule has 2 heteroatoms. The van der Waals surface area contributed by atoms with Crippen LogP contribution in [0.25, 0.3) is 0 Å². The zero-order valence-corrected chi connectivity index (χ0v) is 16.7. The SMILES string of the molecule is CC.CCCCOc1ccc(CCN2CCC(C(C)C)CC2)cc1. The van der Waals surface area contributed by atoms with Crippen molar-refractivity contribution in [3.8, 4) is 5.75 Å². The molecule has 0 unspecified atom stereocenters. The van der Waals surface area contributed by atoms with Crippen molar-refractivity contribution in [3.05, 3.63) is 29.8 Å². The molecule has 0 saturated carbocycles. The van der Waals surface area contributed by atoms with Crippen LogP contribution < -0.4 is 4.74 Å². The van der Waals surface area contributed by atoms with Crippen molar-refractivity contribution < 1.29 is 4.74 Å². The van der Waals surface area contributed by atoms with E-state index in [2.05, 4.69) is 49.9 Å². The van der Waals surface area contributed by atoms with Gasteiger partial charge < -0.3 is 9.64 Å². The quantitative estimate of drug-likeness (QED) is 0.557. The zero-order chi connectivity index (χ0) is 17.8. The Hall–Kier alpha value is -1.02. The van der Waals surface area contributed by atoms with Crippen LogP contribution in [-0.4, -0.2) is 31.1 Å². The van der Waals surface area contributed by atoms with E-state index in [1.807, 2.05) is 13.8 Å². The Morgan fingerprint density at radius 1 is 1.08 bits per heavy atom. The number of piperidine rings is 1. The molecule has 0 bridgehead atoms. The van der Waals surface area contributed by atoms with Gasteiger partial charge in [0.2, 0.25) is 0 Å². The minimum atomic E-state index is 0.834. The van der Waals surface area contributed by atoms with Gasteiger partial charge in [-0.3, -0.25) is 0 Å². The molecule has 0 spiro atoms. The molecule has 0 amide bonds. The maximum atomic E-state index is 5.72. The van der Waals surface area contributed by atoms with E-state index in [0.717, 1.165) is 37.0 Å². The van der Waals surface area contributed by atoms with Crippen molar-refractivity contribution in [2.75, 3.05) is 26.2 Å². The van der Waals surface area contributed by atoms with Crippen LogP contribution in [0.4, 0.5) is 0 Å². The van der Waals surface area contributed by atoms with Gasteiger partial charge in [0.05, 0.1) is 6.61 Å². The second kappa shape index (κ2) is 12.4. The van der Waals surface area contributed by atoms with Crippen molar-refractivity contribution >= 4 is 0 Å². The van der Waals surface area contributed by atoms with Crippen molar-refractivity contribution in [1.82, 2.24) is 4.90 Å². The lowest BCUT2D eigenvalue weighted by Crippen LogP contribution is -2.36. The Balaban J connectivity index is 0.00000139. The number of hydrogen-bond acceptors (Lipinski definition) is 2. The lowest BCUT2D eigenvalue weighted by atomic mass is 9.86. The molecule has 1 heterocycles.